The normalized spacial score (nSPS) is 19.0. The van der Waals surface area contributed by atoms with Gasteiger partial charge in [0.25, 0.3) is 0 Å². The van der Waals surface area contributed by atoms with Crippen molar-refractivity contribution in [1.29, 1.82) is 0 Å². The van der Waals surface area contributed by atoms with Gasteiger partial charge in [0, 0.05) is 31.1 Å². The molecular formula is C15H21FN2O2S. The lowest BCUT2D eigenvalue weighted by atomic mass is 10.1. The van der Waals surface area contributed by atoms with Gasteiger partial charge in [-0.15, -0.1) is 0 Å². The molecular weight excluding hydrogens is 291 g/mol. The number of rotatable bonds is 5. The molecule has 0 bridgehead atoms. The third-order valence-electron chi connectivity index (χ3n) is 3.70. The lowest BCUT2D eigenvalue weighted by molar-refractivity contribution is -0.126. The molecule has 2 rings (SSSR count). The van der Waals surface area contributed by atoms with E-state index in [0.717, 1.165) is 24.6 Å². The Hall–Kier alpha value is -1.11. The van der Waals surface area contributed by atoms with Crippen LogP contribution in [0.25, 0.3) is 0 Å². The second-order valence-corrected chi connectivity index (χ2v) is 6.36. The smallest absolute Gasteiger partial charge is 0.237 e. The summed E-state index contributed by atoms with van der Waals surface area (Å²) in [5.74, 6) is 1.68. The first-order chi connectivity index (χ1) is 10.1. The summed E-state index contributed by atoms with van der Waals surface area (Å²) < 4.78 is 12.8. The molecule has 1 aliphatic heterocycles. The van der Waals surface area contributed by atoms with E-state index in [0.29, 0.717) is 5.56 Å². The number of aliphatic hydroxyl groups is 1. The van der Waals surface area contributed by atoms with Gasteiger partial charge in [0.15, 0.2) is 0 Å². The Bertz CT molecular complexity index is 463. The van der Waals surface area contributed by atoms with Gasteiger partial charge in [0.05, 0.1) is 12.1 Å². The molecule has 6 heteroatoms. The Morgan fingerprint density at radius 1 is 1.38 bits per heavy atom. The van der Waals surface area contributed by atoms with Crippen LogP contribution in [0.1, 0.15) is 18.6 Å². The van der Waals surface area contributed by atoms with Crippen LogP contribution in [0.5, 0.6) is 0 Å². The Morgan fingerprint density at radius 2 is 2.00 bits per heavy atom. The molecule has 1 aromatic rings. The van der Waals surface area contributed by atoms with Crippen molar-refractivity contribution in [1.82, 2.24) is 10.2 Å². The topological polar surface area (TPSA) is 52.6 Å². The van der Waals surface area contributed by atoms with Gasteiger partial charge in [-0.2, -0.15) is 11.8 Å². The maximum absolute atomic E-state index is 12.8. The quantitative estimate of drug-likeness (QED) is 0.863. The number of nitrogens with zero attached hydrogens (tertiary/aromatic N) is 1. The summed E-state index contributed by atoms with van der Waals surface area (Å²) in [6.45, 7) is 3.85. The number of aliphatic hydroxyl groups excluding tert-OH is 1. The Morgan fingerprint density at radius 3 is 2.62 bits per heavy atom. The number of hydrogen-bond donors (Lipinski definition) is 2. The van der Waals surface area contributed by atoms with Crippen molar-refractivity contribution in [3.63, 3.8) is 0 Å². The fraction of sp³-hybridized carbons (Fsp3) is 0.533. The number of carbonyl (C=O) groups is 1. The van der Waals surface area contributed by atoms with Crippen LogP contribution in [0.4, 0.5) is 4.39 Å². The zero-order valence-corrected chi connectivity index (χ0v) is 12.9. The van der Waals surface area contributed by atoms with Crippen LogP contribution < -0.4 is 5.32 Å². The summed E-state index contributed by atoms with van der Waals surface area (Å²) in [5.41, 5.74) is 0.596. The molecule has 4 nitrogen and oxygen atoms in total. The Balaban J connectivity index is 1.81. The fourth-order valence-electron chi connectivity index (χ4n) is 2.28. The average Bonchev–Trinajstić information content (AvgIpc) is 2.53. The van der Waals surface area contributed by atoms with Crippen molar-refractivity contribution in [2.45, 2.75) is 19.1 Å². The number of carbonyl (C=O) groups excluding carboxylic acids is 1. The molecule has 2 unspecified atom stereocenters. The molecule has 116 valence electrons. The molecule has 1 fully saturated rings. The van der Waals surface area contributed by atoms with Gasteiger partial charge in [0.2, 0.25) is 5.91 Å². The van der Waals surface area contributed by atoms with E-state index in [1.54, 1.807) is 0 Å². The highest BCUT2D eigenvalue weighted by molar-refractivity contribution is 7.99. The summed E-state index contributed by atoms with van der Waals surface area (Å²) in [6, 6.07) is 5.46. The molecule has 1 saturated heterocycles. The molecule has 1 amide bonds. The molecule has 1 heterocycles. The first-order valence-corrected chi connectivity index (χ1v) is 8.26. The van der Waals surface area contributed by atoms with Gasteiger partial charge < -0.3 is 10.4 Å². The highest BCUT2D eigenvalue weighted by Gasteiger charge is 2.23. The largest absolute Gasteiger partial charge is 0.387 e. The van der Waals surface area contributed by atoms with E-state index in [-0.39, 0.29) is 24.3 Å². The maximum Gasteiger partial charge on any atom is 0.237 e. The van der Waals surface area contributed by atoms with Crippen molar-refractivity contribution < 1.29 is 14.3 Å². The molecule has 0 aromatic heterocycles. The number of amides is 1. The molecule has 1 aliphatic rings. The van der Waals surface area contributed by atoms with Gasteiger partial charge in [0.1, 0.15) is 5.82 Å². The first kappa shape index (κ1) is 16.3. The highest BCUT2D eigenvalue weighted by Crippen LogP contribution is 2.14. The van der Waals surface area contributed by atoms with E-state index in [9.17, 15) is 14.3 Å². The first-order valence-electron chi connectivity index (χ1n) is 7.11. The van der Waals surface area contributed by atoms with Gasteiger partial charge in [-0.05, 0) is 24.6 Å². The predicted octanol–water partition coefficient (Wildman–Crippen LogP) is 1.41. The van der Waals surface area contributed by atoms with Gasteiger partial charge >= 0.3 is 0 Å². The number of benzene rings is 1. The van der Waals surface area contributed by atoms with Crippen LogP contribution in [0.15, 0.2) is 24.3 Å². The minimum absolute atomic E-state index is 0.0805. The molecule has 0 aliphatic carbocycles. The van der Waals surface area contributed by atoms with Gasteiger partial charge in [-0.1, -0.05) is 12.1 Å². The van der Waals surface area contributed by atoms with E-state index in [1.165, 1.54) is 24.3 Å². The van der Waals surface area contributed by atoms with Crippen LogP contribution in [-0.4, -0.2) is 53.1 Å². The minimum Gasteiger partial charge on any atom is -0.387 e. The lowest BCUT2D eigenvalue weighted by Gasteiger charge is -2.31. The van der Waals surface area contributed by atoms with E-state index < -0.39 is 6.10 Å². The SMILES string of the molecule is CC(C(=O)NCC(O)c1ccc(F)cc1)N1CCSCC1. The average molecular weight is 312 g/mol. The second-order valence-electron chi connectivity index (χ2n) is 5.14. The van der Waals surface area contributed by atoms with E-state index in [4.69, 9.17) is 0 Å². The standard InChI is InChI=1S/C15H21FN2O2S/c1-11(18-6-8-21-9-7-18)15(20)17-10-14(19)12-2-4-13(16)5-3-12/h2-5,11,14,19H,6-10H2,1H3,(H,17,20). The van der Waals surface area contributed by atoms with Crippen LogP contribution >= 0.6 is 11.8 Å². The molecule has 2 atom stereocenters. The number of nitrogens with one attached hydrogen (secondary N) is 1. The van der Waals surface area contributed by atoms with Crippen LogP contribution in [0.3, 0.4) is 0 Å². The summed E-state index contributed by atoms with van der Waals surface area (Å²) in [7, 11) is 0. The van der Waals surface area contributed by atoms with Crippen LogP contribution in [-0.2, 0) is 4.79 Å². The predicted molar refractivity (Wildman–Crippen MR) is 82.7 cm³/mol. The Labute approximate surface area is 128 Å². The third-order valence-corrected chi connectivity index (χ3v) is 4.64. The Kier molecular flexibility index (Phi) is 6.02. The van der Waals surface area contributed by atoms with Crippen LogP contribution in [0, 0.1) is 5.82 Å². The summed E-state index contributed by atoms with van der Waals surface area (Å²) >= 11 is 1.90. The van der Waals surface area contributed by atoms with Crippen molar-refractivity contribution in [2.24, 2.45) is 0 Å². The zero-order valence-electron chi connectivity index (χ0n) is 12.1. The monoisotopic (exact) mass is 312 g/mol. The van der Waals surface area contributed by atoms with E-state index in [2.05, 4.69) is 10.2 Å². The molecule has 21 heavy (non-hydrogen) atoms. The highest BCUT2D eigenvalue weighted by atomic mass is 32.2. The maximum atomic E-state index is 12.8. The molecule has 1 aromatic carbocycles. The third kappa shape index (κ3) is 4.69. The molecule has 2 N–H and O–H groups in total. The summed E-state index contributed by atoms with van der Waals surface area (Å²) in [4.78, 5) is 14.3. The molecule has 0 spiro atoms. The number of halogens is 1. The molecule has 0 radical (unpaired) electrons. The second kappa shape index (κ2) is 7.77. The van der Waals surface area contributed by atoms with Crippen molar-refractivity contribution >= 4 is 17.7 Å². The van der Waals surface area contributed by atoms with E-state index in [1.807, 2.05) is 18.7 Å². The zero-order chi connectivity index (χ0) is 15.2. The molecule has 0 saturated carbocycles. The van der Waals surface area contributed by atoms with Crippen LogP contribution in [0.2, 0.25) is 0 Å². The summed E-state index contributed by atoms with van der Waals surface area (Å²) in [5, 5.41) is 12.8. The van der Waals surface area contributed by atoms with E-state index >= 15 is 0 Å². The fourth-order valence-corrected chi connectivity index (χ4v) is 3.21. The van der Waals surface area contributed by atoms with Gasteiger partial charge in [-0.25, -0.2) is 4.39 Å². The minimum atomic E-state index is -0.821. The van der Waals surface area contributed by atoms with Crippen molar-refractivity contribution in [3.8, 4) is 0 Å². The number of hydrogen-bond acceptors (Lipinski definition) is 4. The van der Waals surface area contributed by atoms with Crippen molar-refractivity contribution in [3.05, 3.63) is 35.6 Å². The lowest BCUT2D eigenvalue weighted by Crippen LogP contribution is -2.48. The number of thioether (sulfide) groups is 1. The van der Waals surface area contributed by atoms with Gasteiger partial charge in [-0.3, -0.25) is 9.69 Å². The summed E-state index contributed by atoms with van der Waals surface area (Å²) in [6.07, 6.45) is -0.821. The van der Waals surface area contributed by atoms with Crippen molar-refractivity contribution in [2.75, 3.05) is 31.1 Å².